The van der Waals surface area contributed by atoms with Crippen LogP contribution in [0.5, 0.6) is 0 Å². The van der Waals surface area contributed by atoms with E-state index in [-0.39, 0.29) is 11.5 Å². The van der Waals surface area contributed by atoms with Crippen LogP contribution in [-0.4, -0.2) is 39.6 Å². The fraction of sp³-hybridized carbons (Fsp3) is 0.692. The summed E-state index contributed by atoms with van der Waals surface area (Å²) in [6.07, 6.45) is 1.36. The van der Waals surface area contributed by atoms with Gasteiger partial charge in [-0.3, -0.25) is 14.3 Å². The first-order valence-corrected chi connectivity index (χ1v) is 7.15. The summed E-state index contributed by atoms with van der Waals surface area (Å²) < 4.78 is 13.7. The highest BCUT2D eigenvalue weighted by Gasteiger charge is 2.57. The van der Waals surface area contributed by atoms with Gasteiger partial charge in [0.2, 0.25) is 0 Å². The van der Waals surface area contributed by atoms with Crippen LogP contribution in [0.25, 0.3) is 0 Å². The van der Waals surface area contributed by atoms with Gasteiger partial charge in [0, 0.05) is 11.8 Å². The number of nitrogens with zero attached hydrogens (tertiary/aromatic N) is 1. The number of aliphatic hydroxyl groups excluding tert-OH is 1. The lowest BCUT2D eigenvalue weighted by atomic mass is 9.86. The van der Waals surface area contributed by atoms with E-state index in [1.165, 1.54) is 0 Å². The maximum atomic E-state index is 11.6. The molecule has 0 saturated carbocycles. The fourth-order valence-corrected chi connectivity index (χ4v) is 3.29. The summed E-state index contributed by atoms with van der Waals surface area (Å²) in [7, 11) is 0. The Morgan fingerprint density at radius 3 is 3.05 bits per heavy atom. The number of rotatable bonds is 2. The van der Waals surface area contributed by atoms with Crippen molar-refractivity contribution in [2.45, 2.75) is 38.2 Å². The van der Waals surface area contributed by atoms with E-state index in [0.29, 0.717) is 30.0 Å². The van der Waals surface area contributed by atoms with Crippen LogP contribution < -0.4 is 5.56 Å². The SMILES string of the molecule is CC[C@]12COC[C@@H](C1O)[C@H](n1cc(C)c(=O)[nH]c1=S)O2. The third-order valence-electron chi connectivity index (χ3n) is 4.34. The van der Waals surface area contributed by atoms with Crippen LogP contribution in [0.3, 0.4) is 0 Å². The molecular formula is C13H18N2O4S. The van der Waals surface area contributed by atoms with E-state index in [0.717, 1.165) is 0 Å². The Labute approximate surface area is 121 Å². The molecule has 0 radical (unpaired) electrons. The van der Waals surface area contributed by atoms with Gasteiger partial charge < -0.3 is 14.6 Å². The van der Waals surface area contributed by atoms with E-state index in [1.807, 2.05) is 6.92 Å². The zero-order chi connectivity index (χ0) is 14.5. The fourth-order valence-electron chi connectivity index (χ4n) is 3.04. The van der Waals surface area contributed by atoms with Crippen molar-refractivity contribution < 1.29 is 14.6 Å². The van der Waals surface area contributed by atoms with Gasteiger partial charge in [-0.25, -0.2) is 0 Å². The molecule has 2 bridgehead atoms. The maximum Gasteiger partial charge on any atom is 0.254 e. The second kappa shape index (κ2) is 4.77. The van der Waals surface area contributed by atoms with Gasteiger partial charge >= 0.3 is 0 Å². The standard InChI is InChI=1S/C13H18N2O4S/c1-3-13-6-18-5-8(9(13)16)11(19-13)15-4-7(2)10(17)14-12(15)20/h4,8-9,11,16H,3,5-6H2,1-2H3,(H,14,17,20)/t8-,9?,11+,13-/m0/s1. The summed E-state index contributed by atoms with van der Waals surface area (Å²) >= 11 is 5.21. The number of aromatic nitrogens is 2. The Morgan fingerprint density at radius 1 is 1.65 bits per heavy atom. The molecule has 2 fully saturated rings. The number of aryl methyl sites for hydroxylation is 1. The predicted octanol–water partition coefficient (Wildman–Crippen LogP) is 0.899. The van der Waals surface area contributed by atoms with E-state index in [4.69, 9.17) is 21.7 Å². The summed E-state index contributed by atoms with van der Waals surface area (Å²) in [6.45, 7) is 4.49. The summed E-state index contributed by atoms with van der Waals surface area (Å²) in [6, 6.07) is 0. The van der Waals surface area contributed by atoms with Crippen molar-refractivity contribution in [2.75, 3.05) is 13.2 Å². The van der Waals surface area contributed by atoms with Gasteiger partial charge in [0.05, 0.1) is 25.2 Å². The Hall–Kier alpha value is -1.02. The van der Waals surface area contributed by atoms with E-state index in [2.05, 4.69) is 4.98 Å². The number of fused-ring (bicyclic) bond motifs is 2. The predicted molar refractivity (Wildman–Crippen MR) is 74.1 cm³/mol. The zero-order valence-corrected chi connectivity index (χ0v) is 12.3. The second-order valence-corrected chi connectivity index (χ2v) is 5.92. The highest BCUT2D eigenvalue weighted by molar-refractivity contribution is 7.71. The molecule has 1 aromatic heterocycles. The van der Waals surface area contributed by atoms with Crippen molar-refractivity contribution in [3.63, 3.8) is 0 Å². The number of hydrogen-bond acceptors (Lipinski definition) is 5. The molecule has 0 spiro atoms. The van der Waals surface area contributed by atoms with Crippen LogP contribution in [0.15, 0.2) is 11.0 Å². The lowest BCUT2D eigenvalue weighted by molar-refractivity contribution is -0.145. The minimum atomic E-state index is -0.674. The molecule has 7 heteroatoms. The summed E-state index contributed by atoms with van der Waals surface area (Å²) in [5.41, 5.74) is -0.314. The van der Waals surface area contributed by atoms with E-state index in [9.17, 15) is 9.90 Å². The molecule has 110 valence electrons. The quantitative estimate of drug-likeness (QED) is 0.793. The maximum absolute atomic E-state index is 11.6. The number of ether oxygens (including phenoxy) is 2. The second-order valence-electron chi connectivity index (χ2n) is 5.53. The molecule has 6 nitrogen and oxygen atoms in total. The smallest absolute Gasteiger partial charge is 0.254 e. The highest BCUT2D eigenvalue weighted by Crippen LogP contribution is 2.46. The largest absolute Gasteiger partial charge is 0.389 e. The third-order valence-corrected chi connectivity index (χ3v) is 4.65. The lowest BCUT2D eigenvalue weighted by Gasteiger charge is -2.34. The molecule has 2 aliphatic heterocycles. The molecule has 0 aliphatic carbocycles. The Balaban J connectivity index is 2.06. The van der Waals surface area contributed by atoms with Gasteiger partial charge in [-0.2, -0.15) is 0 Å². The van der Waals surface area contributed by atoms with Crippen LogP contribution in [0.2, 0.25) is 0 Å². The molecule has 0 aromatic carbocycles. The number of nitrogens with one attached hydrogen (secondary N) is 1. The topological polar surface area (TPSA) is 76.5 Å². The normalized spacial score (nSPS) is 36.2. The highest BCUT2D eigenvalue weighted by atomic mass is 32.1. The first kappa shape index (κ1) is 13.9. The van der Waals surface area contributed by atoms with Crippen molar-refractivity contribution in [1.29, 1.82) is 0 Å². The first-order valence-electron chi connectivity index (χ1n) is 6.74. The van der Waals surface area contributed by atoms with Crippen molar-refractivity contribution in [1.82, 2.24) is 9.55 Å². The monoisotopic (exact) mass is 298 g/mol. The van der Waals surface area contributed by atoms with Crippen molar-refractivity contribution in [3.8, 4) is 0 Å². The number of aliphatic hydroxyl groups is 1. The van der Waals surface area contributed by atoms with Crippen LogP contribution in [0.4, 0.5) is 0 Å². The molecule has 3 rings (SSSR count). The number of hydrogen-bond donors (Lipinski definition) is 2. The Kier molecular flexibility index (Phi) is 3.32. The zero-order valence-electron chi connectivity index (χ0n) is 11.5. The van der Waals surface area contributed by atoms with Crippen molar-refractivity contribution >= 4 is 12.2 Å². The third kappa shape index (κ3) is 1.88. The van der Waals surface area contributed by atoms with Gasteiger partial charge in [0.25, 0.3) is 5.56 Å². The van der Waals surface area contributed by atoms with E-state index < -0.39 is 17.9 Å². The van der Waals surface area contributed by atoms with Gasteiger partial charge in [-0.15, -0.1) is 0 Å². The Morgan fingerprint density at radius 2 is 2.40 bits per heavy atom. The van der Waals surface area contributed by atoms with Crippen molar-refractivity contribution in [2.24, 2.45) is 5.92 Å². The average Bonchev–Trinajstić information content (AvgIpc) is 2.60. The minimum Gasteiger partial charge on any atom is -0.389 e. The molecule has 4 atom stereocenters. The molecular weight excluding hydrogens is 280 g/mol. The van der Waals surface area contributed by atoms with Crippen LogP contribution in [0.1, 0.15) is 25.1 Å². The van der Waals surface area contributed by atoms with Gasteiger partial charge in [0.1, 0.15) is 11.8 Å². The number of aromatic amines is 1. The molecule has 2 saturated heterocycles. The minimum absolute atomic E-state index is 0.180. The van der Waals surface area contributed by atoms with Crippen LogP contribution in [0, 0.1) is 17.6 Å². The Bertz CT molecular complexity index is 640. The summed E-state index contributed by atoms with van der Waals surface area (Å²) in [4.78, 5) is 14.2. The van der Waals surface area contributed by atoms with E-state index in [1.54, 1.807) is 17.7 Å². The average molecular weight is 298 g/mol. The first-order chi connectivity index (χ1) is 9.48. The van der Waals surface area contributed by atoms with Gasteiger partial charge in [-0.1, -0.05) is 6.92 Å². The van der Waals surface area contributed by atoms with Crippen LogP contribution >= 0.6 is 12.2 Å². The lowest BCUT2D eigenvalue weighted by Crippen LogP contribution is -2.49. The molecule has 1 unspecified atom stereocenters. The molecule has 1 aromatic rings. The molecule has 20 heavy (non-hydrogen) atoms. The van der Waals surface area contributed by atoms with Gasteiger partial charge in [0.15, 0.2) is 4.77 Å². The summed E-state index contributed by atoms with van der Waals surface area (Å²) in [5, 5.41) is 10.5. The molecule has 3 heterocycles. The molecule has 2 aliphatic rings. The van der Waals surface area contributed by atoms with E-state index >= 15 is 0 Å². The van der Waals surface area contributed by atoms with Crippen molar-refractivity contribution in [3.05, 3.63) is 26.9 Å². The summed E-state index contributed by atoms with van der Waals surface area (Å²) in [5.74, 6) is -0.180. The number of H-pyrrole nitrogens is 1. The van der Waals surface area contributed by atoms with Crippen LogP contribution in [-0.2, 0) is 9.47 Å². The van der Waals surface area contributed by atoms with Gasteiger partial charge in [-0.05, 0) is 25.6 Å². The molecule has 2 N–H and O–H groups in total. The molecule has 0 amide bonds.